The number of hydrogen-bond donors (Lipinski definition) is 1. The number of nitrogens with zero attached hydrogens (tertiary/aromatic N) is 4. The third kappa shape index (κ3) is 3.92. The lowest BCUT2D eigenvalue weighted by Crippen LogP contribution is -2.14. The molecule has 0 aliphatic rings. The van der Waals surface area contributed by atoms with E-state index in [0.29, 0.717) is 17.2 Å². The van der Waals surface area contributed by atoms with Crippen LogP contribution in [0.4, 0.5) is 5.69 Å². The highest BCUT2D eigenvalue weighted by molar-refractivity contribution is 5.92. The van der Waals surface area contributed by atoms with E-state index in [9.17, 15) is 4.79 Å². The molecule has 0 unspecified atom stereocenters. The van der Waals surface area contributed by atoms with E-state index in [0.717, 1.165) is 11.3 Å². The van der Waals surface area contributed by atoms with Gasteiger partial charge in [-0.3, -0.25) is 4.79 Å². The maximum atomic E-state index is 12.3. The quantitative estimate of drug-likeness (QED) is 0.737. The van der Waals surface area contributed by atoms with Gasteiger partial charge in [-0.2, -0.15) is 0 Å². The second-order valence-corrected chi connectivity index (χ2v) is 5.22. The van der Waals surface area contributed by atoms with Crippen LogP contribution >= 0.6 is 0 Å². The number of rotatable bonds is 6. The van der Waals surface area contributed by atoms with Gasteiger partial charge in [-0.1, -0.05) is 12.1 Å². The third-order valence-electron chi connectivity index (χ3n) is 3.56. The minimum absolute atomic E-state index is 0.138. The van der Waals surface area contributed by atoms with Gasteiger partial charge in [-0.15, -0.1) is 5.10 Å². The fourth-order valence-electron chi connectivity index (χ4n) is 2.39. The first-order valence-corrected chi connectivity index (χ1v) is 7.54. The second-order valence-electron chi connectivity index (χ2n) is 5.22. The zero-order valence-electron chi connectivity index (χ0n) is 13.8. The molecule has 0 aliphatic heterocycles. The van der Waals surface area contributed by atoms with Crippen LogP contribution < -0.4 is 14.8 Å². The number of benzene rings is 2. The van der Waals surface area contributed by atoms with Crippen LogP contribution in [-0.2, 0) is 11.2 Å². The number of tetrazole rings is 1. The molecular weight excluding hydrogens is 322 g/mol. The average molecular weight is 339 g/mol. The van der Waals surface area contributed by atoms with Crippen molar-refractivity contribution in [1.29, 1.82) is 0 Å². The van der Waals surface area contributed by atoms with Gasteiger partial charge in [0.2, 0.25) is 5.91 Å². The number of amides is 1. The van der Waals surface area contributed by atoms with Crippen molar-refractivity contribution < 1.29 is 14.3 Å². The fraction of sp³-hybridized carbons (Fsp3) is 0.176. The minimum atomic E-state index is -0.138. The standard InChI is InChI=1S/C17H17N5O3/c1-24-15-7-6-12(8-16(15)25-2)9-17(23)19-13-4-3-5-14(10-13)22-11-18-20-21-22/h3-8,10-11H,9H2,1-2H3,(H,19,23). The van der Waals surface area contributed by atoms with Crippen LogP contribution in [0.15, 0.2) is 48.8 Å². The monoisotopic (exact) mass is 339 g/mol. The molecule has 0 fully saturated rings. The van der Waals surface area contributed by atoms with Crippen LogP contribution in [0.3, 0.4) is 0 Å². The molecule has 1 aromatic heterocycles. The van der Waals surface area contributed by atoms with Crippen molar-refractivity contribution in [3.8, 4) is 17.2 Å². The molecule has 128 valence electrons. The number of carbonyl (C=O) groups is 1. The summed E-state index contributed by atoms with van der Waals surface area (Å²) in [5.41, 5.74) is 2.25. The highest BCUT2D eigenvalue weighted by Gasteiger charge is 2.09. The first-order chi connectivity index (χ1) is 12.2. The Labute approximate surface area is 144 Å². The molecule has 0 aliphatic carbocycles. The van der Waals surface area contributed by atoms with E-state index < -0.39 is 0 Å². The molecule has 2 aromatic carbocycles. The second kappa shape index (κ2) is 7.43. The van der Waals surface area contributed by atoms with E-state index in [2.05, 4.69) is 20.8 Å². The van der Waals surface area contributed by atoms with Crippen molar-refractivity contribution in [3.63, 3.8) is 0 Å². The topological polar surface area (TPSA) is 91.2 Å². The fourth-order valence-corrected chi connectivity index (χ4v) is 2.39. The van der Waals surface area contributed by atoms with Gasteiger partial charge in [0.25, 0.3) is 0 Å². The largest absolute Gasteiger partial charge is 0.493 e. The Morgan fingerprint density at radius 1 is 1.12 bits per heavy atom. The predicted octanol–water partition coefficient (Wildman–Crippen LogP) is 1.86. The third-order valence-corrected chi connectivity index (χ3v) is 3.56. The number of anilines is 1. The lowest BCUT2D eigenvalue weighted by molar-refractivity contribution is -0.115. The number of ether oxygens (including phenoxy) is 2. The summed E-state index contributed by atoms with van der Waals surface area (Å²) in [6, 6.07) is 12.7. The Morgan fingerprint density at radius 2 is 1.96 bits per heavy atom. The summed E-state index contributed by atoms with van der Waals surface area (Å²) in [6.07, 6.45) is 1.71. The number of aromatic nitrogens is 4. The van der Waals surface area contributed by atoms with Crippen molar-refractivity contribution in [2.45, 2.75) is 6.42 Å². The summed E-state index contributed by atoms with van der Waals surface area (Å²) in [6.45, 7) is 0. The normalized spacial score (nSPS) is 10.3. The molecule has 8 heteroatoms. The summed E-state index contributed by atoms with van der Waals surface area (Å²) in [5.74, 6) is 1.08. The molecule has 0 radical (unpaired) electrons. The van der Waals surface area contributed by atoms with Gasteiger partial charge >= 0.3 is 0 Å². The number of carbonyl (C=O) groups excluding carboxylic acids is 1. The van der Waals surface area contributed by atoms with E-state index in [1.165, 1.54) is 11.0 Å². The van der Waals surface area contributed by atoms with Gasteiger partial charge in [-0.05, 0) is 46.3 Å². The number of methoxy groups -OCH3 is 2. The Morgan fingerprint density at radius 3 is 2.68 bits per heavy atom. The smallest absolute Gasteiger partial charge is 0.228 e. The first-order valence-electron chi connectivity index (χ1n) is 7.54. The lowest BCUT2D eigenvalue weighted by Gasteiger charge is -2.10. The van der Waals surface area contributed by atoms with E-state index in [4.69, 9.17) is 9.47 Å². The van der Waals surface area contributed by atoms with Crippen molar-refractivity contribution in [2.24, 2.45) is 0 Å². The van der Waals surface area contributed by atoms with Gasteiger partial charge in [0.1, 0.15) is 6.33 Å². The summed E-state index contributed by atoms with van der Waals surface area (Å²) >= 11 is 0. The molecule has 0 bridgehead atoms. The molecule has 1 N–H and O–H groups in total. The maximum absolute atomic E-state index is 12.3. The zero-order chi connectivity index (χ0) is 17.6. The lowest BCUT2D eigenvalue weighted by atomic mass is 10.1. The highest BCUT2D eigenvalue weighted by atomic mass is 16.5. The van der Waals surface area contributed by atoms with Gasteiger partial charge < -0.3 is 14.8 Å². The van der Waals surface area contributed by atoms with Crippen molar-refractivity contribution in [3.05, 3.63) is 54.4 Å². The molecule has 8 nitrogen and oxygen atoms in total. The van der Waals surface area contributed by atoms with Crippen LogP contribution in [0.25, 0.3) is 5.69 Å². The van der Waals surface area contributed by atoms with Gasteiger partial charge in [0.15, 0.2) is 11.5 Å². The number of hydrogen-bond acceptors (Lipinski definition) is 6. The molecule has 1 heterocycles. The highest BCUT2D eigenvalue weighted by Crippen LogP contribution is 2.27. The van der Waals surface area contributed by atoms with Crippen molar-refractivity contribution in [1.82, 2.24) is 20.2 Å². The Balaban J connectivity index is 1.70. The van der Waals surface area contributed by atoms with E-state index >= 15 is 0 Å². The van der Waals surface area contributed by atoms with Crippen molar-refractivity contribution >= 4 is 11.6 Å². The first kappa shape index (κ1) is 16.4. The van der Waals surface area contributed by atoms with Crippen LogP contribution in [0, 0.1) is 0 Å². The van der Waals surface area contributed by atoms with Gasteiger partial charge in [0, 0.05) is 5.69 Å². The Hall–Kier alpha value is -3.42. The van der Waals surface area contributed by atoms with E-state index in [1.807, 2.05) is 18.2 Å². The molecule has 3 aromatic rings. The van der Waals surface area contributed by atoms with Crippen molar-refractivity contribution in [2.75, 3.05) is 19.5 Å². The predicted molar refractivity (Wildman–Crippen MR) is 91.0 cm³/mol. The summed E-state index contributed by atoms with van der Waals surface area (Å²) < 4.78 is 12.0. The molecule has 0 atom stereocenters. The van der Waals surface area contributed by atoms with Crippen LogP contribution in [0.2, 0.25) is 0 Å². The summed E-state index contributed by atoms with van der Waals surface area (Å²) in [5, 5.41) is 13.9. The summed E-state index contributed by atoms with van der Waals surface area (Å²) in [7, 11) is 3.13. The van der Waals surface area contributed by atoms with Crippen LogP contribution in [0.1, 0.15) is 5.56 Å². The van der Waals surface area contributed by atoms with Gasteiger partial charge in [-0.25, -0.2) is 4.68 Å². The maximum Gasteiger partial charge on any atom is 0.228 e. The Bertz CT molecular complexity index is 864. The molecule has 25 heavy (non-hydrogen) atoms. The van der Waals surface area contributed by atoms with Crippen LogP contribution in [-0.4, -0.2) is 40.3 Å². The minimum Gasteiger partial charge on any atom is -0.493 e. The van der Waals surface area contributed by atoms with E-state index in [1.54, 1.807) is 38.5 Å². The van der Waals surface area contributed by atoms with E-state index in [-0.39, 0.29) is 12.3 Å². The Kier molecular flexibility index (Phi) is 4.89. The zero-order valence-corrected chi connectivity index (χ0v) is 13.8. The van der Waals surface area contributed by atoms with Crippen LogP contribution in [0.5, 0.6) is 11.5 Å². The molecular formula is C17H17N5O3. The number of nitrogens with one attached hydrogen (secondary N) is 1. The van der Waals surface area contributed by atoms with Gasteiger partial charge in [0.05, 0.1) is 26.3 Å². The molecule has 0 spiro atoms. The average Bonchev–Trinajstić information content (AvgIpc) is 3.16. The molecule has 0 saturated carbocycles. The molecule has 1 amide bonds. The molecule has 3 rings (SSSR count). The SMILES string of the molecule is COc1ccc(CC(=O)Nc2cccc(-n3cnnn3)c2)cc1OC. The summed E-state index contributed by atoms with van der Waals surface area (Å²) in [4.78, 5) is 12.3. The molecule has 0 saturated heterocycles.